The SMILES string of the molecule is CCC(C)(C)NC(=O)[C@@H](c1ccc(O)cc1)N(Cc1cccc(OC)c1)C(=O)Cn1nnc2ccccc21. The van der Waals surface area contributed by atoms with Crippen LogP contribution in [0.4, 0.5) is 0 Å². The van der Waals surface area contributed by atoms with Crippen molar-refractivity contribution in [1.29, 1.82) is 0 Å². The van der Waals surface area contributed by atoms with E-state index in [4.69, 9.17) is 4.74 Å². The van der Waals surface area contributed by atoms with E-state index in [2.05, 4.69) is 15.6 Å². The van der Waals surface area contributed by atoms with Gasteiger partial charge >= 0.3 is 0 Å². The van der Waals surface area contributed by atoms with Crippen molar-refractivity contribution in [2.75, 3.05) is 7.11 Å². The smallest absolute Gasteiger partial charge is 0.247 e. The summed E-state index contributed by atoms with van der Waals surface area (Å²) in [5, 5.41) is 21.3. The number of nitrogens with zero attached hydrogens (tertiary/aromatic N) is 4. The van der Waals surface area contributed by atoms with E-state index in [1.807, 2.05) is 69.3 Å². The van der Waals surface area contributed by atoms with E-state index in [1.54, 1.807) is 24.1 Å². The van der Waals surface area contributed by atoms with Crippen molar-refractivity contribution < 1.29 is 19.4 Å². The van der Waals surface area contributed by atoms with Crippen LogP contribution >= 0.6 is 0 Å². The van der Waals surface area contributed by atoms with Gasteiger partial charge in [0.25, 0.3) is 0 Å². The van der Waals surface area contributed by atoms with Crippen molar-refractivity contribution in [3.63, 3.8) is 0 Å². The number of methoxy groups -OCH3 is 1. The molecule has 0 fully saturated rings. The number of para-hydroxylation sites is 1. The number of aromatic hydroxyl groups is 1. The van der Waals surface area contributed by atoms with Gasteiger partial charge in [0.05, 0.1) is 12.6 Å². The zero-order valence-electron chi connectivity index (χ0n) is 22.1. The maximum absolute atomic E-state index is 14.0. The highest BCUT2D eigenvalue weighted by Crippen LogP contribution is 2.28. The second-order valence-electron chi connectivity index (χ2n) is 9.83. The first-order valence-electron chi connectivity index (χ1n) is 12.5. The molecule has 38 heavy (non-hydrogen) atoms. The molecule has 4 aromatic rings. The van der Waals surface area contributed by atoms with Crippen LogP contribution in [0.5, 0.6) is 11.5 Å². The van der Waals surface area contributed by atoms with Crippen molar-refractivity contribution in [3.8, 4) is 11.5 Å². The van der Waals surface area contributed by atoms with Crippen LogP contribution in [0.3, 0.4) is 0 Å². The lowest BCUT2D eigenvalue weighted by Gasteiger charge is -2.34. The first kappa shape index (κ1) is 26.7. The van der Waals surface area contributed by atoms with Crippen LogP contribution < -0.4 is 10.1 Å². The Labute approximate surface area is 222 Å². The van der Waals surface area contributed by atoms with Gasteiger partial charge in [-0.15, -0.1) is 5.10 Å². The highest BCUT2D eigenvalue weighted by molar-refractivity contribution is 5.89. The molecule has 0 aliphatic carbocycles. The van der Waals surface area contributed by atoms with E-state index >= 15 is 0 Å². The third kappa shape index (κ3) is 6.11. The molecule has 0 unspecified atom stereocenters. The second-order valence-corrected chi connectivity index (χ2v) is 9.83. The summed E-state index contributed by atoms with van der Waals surface area (Å²) in [7, 11) is 1.58. The van der Waals surface area contributed by atoms with Gasteiger partial charge in [0.2, 0.25) is 11.8 Å². The number of ether oxygens (including phenoxy) is 1. The summed E-state index contributed by atoms with van der Waals surface area (Å²) >= 11 is 0. The molecule has 0 radical (unpaired) electrons. The van der Waals surface area contributed by atoms with Gasteiger partial charge in [-0.1, -0.05) is 48.5 Å². The Hall–Kier alpha value is -4.40. The molecule has 9 nitrogen and oxygen atoms in total. The number of nitrogens with one attached hydrogen (secondary N) is 1. The monoisotopic (exact) mass is 515 g/mol. The third-order valence-corrected chi connectivity index (χ3v) is 6.63. The number of phenolic OH excluding ortho intramolecular Hbond substituents is 1. The van der Waals surface area contributed by atoms with E-state index in [1.165, 1.54) is 16.8 Å². The molecule has 3 aromatic carbocycles. The molecule has 4 rings (SSSR count). The molecule has 9 heteroatoms. The van der Waals surface area contributed by atoms with Crippen molar-refractivity contribution in [2.45, 2.75) is 51.9 Å². The lowest BCUT2D eigenvalue weighted by atomic mass is 9.98. The average molecular weight is 516 g/mol. The molecule has 0 bridgehead atoms. The fourth-order valence-corrected chi connectivity index (χ4v) is 4.16. The van der Waals surface area contributed by atoms with Crippen molar-refractivity contribution in [1.82, 2.24) is 25.2 Å². The number of rotatable bonds is 10. The minimum Gasteiger partial charge on any atom is -0.508 e. The molecule has 1 aromatic heterocycles. The van der Waals surface area contributed by atoms with Gasteiger partial charge in [-0.25, -0.2) is 4.68 Å². The lowest BCUT2D eigenvalue weighted by Crippen LogP contribution is -2.50. The van der Waals surface area contributed by atoms with E-state index in [-0.39, 0.29) is 30.7 Å². The predicted octanol–water partition coefficient (Wildman–Crippen LogP) is 4.22. The molecule has 2 amide bonds. The zero-order chi connectivity index (χ0) is 27.3. The number of fused-ring (bicyclic) bond motifs is 1. The van der Waals surface area contributed by atoms with Gasteiger partial charge in [0.15, 0.2) is 0 Å². The summed E-state index contributed by atoms with van der Waals surface area (Å²) in [5.41, 5.74) is 2.29. The van der Waals surface area contributed by atoms with Crippen LogP contribution in [0.25, 0.3) is 11.0 Å². The Balaban J connectivity index is 1.78. The Morgan fingerprint density at radius 2 is 1.82 bits per heavy atom. The molecule has 0 saturated heterocycles. The van der Waals surface area contributed by atoms with Gasteiger partial charge in [0.1, 0.15) is 29.6 Å². The molecule has 0 aliphatic rings. The van der Waals surface area contributed by atoms with Crippen LogP contribution in [-0.4, -0.2) is 49.5 Å². The van der Waals surface area contributed by atoms with E-state index in [0.717, 1.165) is 11.1 Å². The number of amides is 2. The van der Waals surface area contributed by atoms with E-state index < -0.39 is 11.6 Å². The molecular formula is C29H33N5O4. The van der Waals surface area contributed by atoms with Gasteiger partial charge in [-0.05, 0) is 67.8 Å². The fraction of sp³-hybridized carbons (Fsp3) is 0.310. The maximum atomic E-state index is 14.0. The number of carbonyl (C=O) groups is 2. The molecule has 198 valence electrons. The Bertz CT molecular complexity index is 1410. The van der Waals surface area contributed by atoms with Crippen LogP contribution in [0, 0.1) is 0 Å². The molecule has 1 heterocycles. The van der Waals surface area contributed by atoms with Gasteiger partial charge in [-0.3, -0.25) is 9.59 Å². The van der Waals surface area contributed by atoms with Gasteiger partial charge in [0, 0.05) is 12.1 Å². The number of hydrogen-bond acceptors (Lipinski definition) is 6. The molecule has 0 aliphatic heterocycles. The summed E-state index contributed by atoms with van der Waals surface area (Å²) in [5.74, 6) is 0.0877. The normalized spacial score (nSPS) is 12.2. The zero-order valence-corrected chi connectivity index (χ0v) is 22.1. The molecule has 2 N–H and O–H groups in total. The lowest BCUT2D eigenvalue weighted by molar-refractivity contribution is -0.143. The highest BCUT2D eigenvalue weighted by atomic mass is 16.5. The fourth-order valence-electron chi connectivity index (χ4n) is 4.16. The molecule has 1 atom stereocenters. The Kier molecular flexibility index (Phi) is 7.95. The van der Waals surface area contributed by atoms with Crippen molar-refractivity contribution >= 4 is 22.8 Å². The average Bonchev–Trinajstić information content (AvgIpc) is 3.32. The Morgan fingerprint density at radius 1 is 1.08 bits per heavy atom. The summed E-state index contributed by atoms with van der Waals surface area (Å²) in [4.78, 5) is 29.4. The quantitative estimate of drug-likeness (QED) is 0.327. The third-order valence-electron chi connectivity index (χ3n) is 6.63. The van der Waals surface area contributed by atoms with E-state index in [9.17, 15) is 14.7 Å². The predicted molar refractivity (Wildman–Crippen MR) is 144 cm³/mol. The topological polar surface area (TPSA) is 110 Å². The minimum absolute atomic E-state index is 0.0709. The highest BCUT2D eigenvalue weighted by Gasteiger charge is 2.34. The Morgan fingerprint density at radius 3 is 2.53 bits per heavy atom. The van der Waals surface area contributed by atoms with Gasteiger partial charge in [-0.2, -0.15) is 0 Å². The summed E-state index contributed by atoms with van der Waals surface area (Å²) in [6.07, 6.45) is 0.704. The van der Waals surface area contributed by atoms with Crippen LogP contribution in [-0.2, 0) is 22.7 Å². The minimum atomic E-state index is -0.963. The number of aromatic nitrogens is 3. The standard InChI is InChI=1S/C29H33N5O4/c1-5-29(2,3)30-28(37)27(21-13-15-22(35)16-14-21)33(18-20-9-8-10-23(17-20)38-4)26(36)19-34-25-12-7-6-11-24(25)31-32-34/h6-17,27,35H,5,18-19H2,1-4H3,(H,30,37)/t27-/m1/s1. The molecule has 0 saturated carbocycles. The molecular weight excluding hydrogens is 482 g/mol. The first-order chi connectivity index (χ1) is 18.2. The summed E-state index contributed by atoms with van der Waals surface area (Å²) in [6, 6.07) is 20.2. The molecule has 0 spiro atoms. The summed E-state index contributed by atoms with van der Waals surface area (Å²) < 4.78 is 6.92. The van der Waals surface area contributed by atoms with Gasteiger partial charge < -0.3 is 20.1 Å². The maximum Gasteiger partial charge on any atom is 0.247 e. The number of carbonyl (C=O) groups excluding carboxylic acids is 2. The van der Waals surface area contributed by atoms with Crippen LogP contribution in [0.15, 0.2) is 72.8 Å². The van der Waals surface area contributed by atoms with Crippen molar-refractivity contribution in [2.24, 2.45) is 0 Å². The first-order valence-corrected chi connectivity index (χ1v) is 12.5. The number of benzene rings is 3. The summed E-state index contributed by atoms with van der Waals surface area (Å²) in [6.45, 7) is 5.91. The van der Waals surface area contributed by atoms with E-state index in [0.29, 0.717) is 23.3 Å². The number of hydrogen-bond donors (Lipinski definition) is 2. The van der Waals surface area contributed by atoms with Crippen molar-refractivity contribution in [3.05, 3.63) is 83.9 Å². The number of phenols is 1. The van der Waals surface area contributed by atoms with Crippen LogP contribution in [0.2, 0.25) is 0 Å². The second kappa shape index (κ2) is 11.3. The largest absolute Gasteiger partial charge is 0.508 e. The van der Waals surface area contributed by atoms with Crippen LogP contribution in [0.1, 0.15) is 44.4 Å².